The molecule has 0 saturated heterocycles. The minimum Gasteiger partial charge on any atom is -0.488 e. The fourth-order valence-corrected chi connectivity index (χ4v) is 5.66. The maximum absolute atomic E-state index is 12.6. The molecule has 1 unspecified atom stereocenters. The molecule has 2 heterocycles. The lowest BCUT2D eigenvalue weighted by atomic mass is 9.76. The number of carboxylic acids is 1. The van der Waals surface area contributed by atoms with E-state index in [2.05, 4.69) is 19.9 Å². The summed E-state index contributed by atoms with van der Waals surface area (Å²) in [4.78, 5) is 26.2. The summed E-state index contributed by atoms with van der Waals surface area (Å²) in [6.07, 6.45) is 4.71. The Morgan fingerprint density at radius 3 is 2.77 bits per heavy atom. The summed E-state index contributed by atoms with van der Waals surface area (Å²) in [5, 5.41) is 20.3. The van der Waals surface area contributed by atoms with Crippen LogP contribution >= 0.6 is 11.3 Å². The highest BCUT2D eigenvalue weighted by Crippen LogP contribution is 2.44. The van der Waals surface area contributed by atoms with Crippen molar-refractivity contribution >= 4 is 28.2 Å². The fraction of sp³-hybridized carbons (Fsp3) is 0.417. The third kappa shape index (κ3) is 3.77. The Bertz CT molecular complexity index is 1250. The van der Waals surface area contributed by atoms with Crippen LogP contribution in [0.4, 0.5) is 0 Å². The van der Waals surface area contributed by atoms with Gasteiger partial charge in [0.05, 0.1) is 11.6 Å². The van der Waals surface area contributed by atoms with Crippen molar-refractivity contribution in [1.29, 1.82) is 0 Å². The Hall–Kier alpha value is -2.64. The van der Waals surface area contributed by atoms with E-state index in [0.717, 1.165) is 35.4 Å². The van der Waals surface area contributed by atoms with Crippen molar-refractivity contribution in [2.45, 2.75) is 58.3 Å². The number of aromatic nitrogens is 1. The van der Waals surface area contributed by atoms with Crippen LogP contribution in [-0.2, 0) is 13.0 Å². The van der Waals surface area contributed by atoms with Gasteiger partial charge in [0, 0.05) is 33.4 Å². The molecule has 0 aliphatic heterocycles. The predicted molar refractivity (Wildman–Crippen MR) is 119 cm³/mol. The number of pyridine rings is 1. The van der Waals surface area contributed by atoms with E-state index in [1.54, 1.807) is 23.5 Å². The van der Waals surface area contributed by atoms with Crippen molar-refractivity contribution in [3.05, 3.63) is 61.6 Å². The van der Waals surface area contributed by atoms with Crippen LogP contribution in [0.25, 0.3) is 10.9 Å². The third-order valence-corrected chi connectivity index (χ3v) is 7.42. The minimum atomic E-state index is -1.20. The summed E-state index contributed by atoms with van der Waals surface area (Å²) in [5.41, 5.74) is 1.34. The van der Waals surface area contributed by atoms with Crippen molar-refractivity contribution in [2.75, 3.05) is 0 Å². The van der Waals surface area contributed by atoms with Gasteiger partial charge < -0.3 is 19.5 Å². The summed E-state index contributed by atoms with van der Waals surface area (Å²) in [7, 11) is 0. The number of hydrogen-bond donors (Lipinski definition) is 2. The first-order valence-electron chi connectivity index (χ1n) is 10.6. The van der Waals surface area contributed by atoms with Crippen molar-refractivity contribution in [2.24, 2.45) is 5.41 Å². The minimum absolute atomic E-state index is 0.0885. The van der Waals surface area contributed by atoms with Crippen molar-refractivity contribution in [3.63, 3.8) is 0 Å². The van der Waals surface area contributed by atoms with E-state index in [9.17, 15) is 19.8 Å². The maximum atomic E-state index is 12.6. The molecule has 1 atom stereocenters. The highest BCUT2D eigenvalue weighted by molar-refractivity contribution is 7.12. The number of nitrogens with zero attached hydrogens (tertiary/aromatic N) is 1. The second kappa shape index (κ2) is 7.21. The Balaban J connectivity index is 1.43. The zero-order chi connectivity index (χ0) is 21.9. The molecule has 1 aromatic carbocycles. The van der Waals surface area contributed by atoms with Gasteiger partial charge in [-0.1, -0.05) is 13.8 Å². The number of carbonyl (C=O) groups is 1. The Morgan fingerprint density at radius 1 is 1.29 bits per heavy atom. The number of fused-ring (bicyclic) bond motifs is 2. The average molecular weight is 440 g/mol. The second-order valence-electron chi connectivity index (χ2n) is 9.45. The van der Waals surface area contributed by atoms with Gasteiger partial charge in [-0.25, -0.2) is 4.79 Å². The van der Waals surface area contributed by atoms with Crippen LogP contribution in [0, 0.1) is 5.41 Å². The highest BCUT2D eigenvalue weighted by atomic mass is 32.1. The van der Waals surface area contributed by atoms with E-state index in [1.807, 2.05) is 10.6 Å². The molecule has 1 fully saturated rings. The first-order chi connectivity index (χ1) is 14.7. The molecule has 2 aromatic heterocycles. The number of benzene rings is 1. The number of aromatic carboxylic acids is 1. The van der Waals surface area contributed by atoms with Crippen LogP contribution in [0.1, 0.15) is 70.9 Å². The molecule has 0 amide bonds. The molecule has 6 nitrogen and oxygen atoms in total. The summed E-state index contributed by atoms with van der Waals surface area (Å²) in [5.74, 6) is -0.565. The van der Waals surface area contributed by atoms with E-state index in [-0.39, 0.29) is 17.0 Å². The largest absolute Gasteiger partial charge is 0.488 e. The lowest BCUT2D eigenvalue weighted by Crippen LogP contribution is -2.24. The molecule has 1 saturated carbocycles. The second-order valence-corrected chi connectivity index (χ2v) is 10.6. The number of aliphatic hydroxyl groups is 1. The van der Waals surface area contributed by atoms with Crippen LogP contribution < -0.4 is 10.2 Å². The molecule has 162 valence electrons. The monoisotopic (exact) mass is 439 g/mol. The third-order valence-electron chi connectivity index (χ3n) is 6.17. The molecule has 0 bridgehead atoms. The van der Waals surface area contributed by atoms with Crippen LogP contribution in [0.15, 0.2) is 35.3 Å². The molecule has 0 spiro atoms. The van der Waals surface area contributed by atoms with Gasteiger partial charge in [0.25, 0.3) is 0 Å². The van der Waals surface area contributed by atoms with Crippen LogP contribution in [-0.4, -0.2) is 20.7 Å². The lowest BCUT2D eigenvalue weighted by Gasteiger charge is -2.32. The summed E-state index contributed by atoms with van der Waals surface area (Å²) in [6.45, 7) is 4.74. The number of thiophene rings is 1. The van der Waals surface area contributed by atoms with Crippen molar-refractivity contribution in [3.8, 4) is 5.75 Å². The lowest BCUT2D eigenvalue weighted by molar-refractivity contribution is 0.0694. The molecular formula is C24H25NO5S. The van der Waals surface area contributed by atoms with Gasteiger partial charge in [-0.15, -0.1) is 11.3 Å². The molecule has 31 heavy (non-hydrogen) atoms. The number of rotatable bonds is 5. The molecule has 5 rings (SSSR count). The van der Waals surface area contributed by atoms with Crippen LogP contribution in [0.5, 0.6) is 5.75 Å². The highest BCUT2D eigenvalue weighted by Gasteiger charge is 2.33. The SMILES string of the molecule is CC1(C)Cc2cc(COc3ccc4c(=O)c(C(=O)O)cn(C5CC5)c4c3)sc2C(O)C1. The van der Waals surface area contributed by atoms with E-state index in [0.29, 0.717) is 23.3 Å². The molecule has 2 aliphatic rings. The van der Waals surface area contributed by atoms with E-state index in [4.69, 9.17) is 4.74 Å². The standard InChI is InChI=1S/C24H25NO5S/c1-24(2)9-13-7-16(31-22(13)20(26)10-24)12-30-15-5-6-17-19(8-15)25(14-3-4-14)11-18(21(17)27)23(28)29/h5-8,11,14,20,26H,3-4,9-10,12H2,1-2H3,(H,28,29). The van der Waals surface area contributed by atoms with Gasteiger partial charge in [0.15, 0.2) is 0 Å². The first kappa shape index (κ1) is 20.3. The Kier molecular flexibility index (Phi) is 4.71. The van der Waals surface area contributed by atoms with Gasteiger partial charge in [0.2, 0.25) is 5.43 Å². The van der Waals surface area contributed by atoms with Gasteiger partial charge in [-0.3, -0.25) is 4.79 Å². The molecule has 7 heteroatoms. The quantitative estimate of drug-likeness (QED) is 0.603. The Labute approximate surface area is 183 Å². The predicted octanol–water partition coefficient (Wildman–Crippen LogP) is 4.68. The number of ether oxygens (including phenoxy) is 1. The molecular weight excluding hydrogens is 414 g/mol. The molecule has 2 N–H and O–H groups in total. The van der Waals surface area contributed by atoms with E-state index >= 15 is 0 Å². The van der Waals surface area contributed by atoms with Gasteiger partial charge >= 0.3 is 5.97 Å². The first-order valence-corrected chi connectivity index (χ1v) is 11.4. The van der Waals surface area contributed by atoms with Crippen molar-refractivity contribution < 1.29 is 19.7 Å². The number of aliphatic hydroxyl groups excluding tert-OH is 1. The number of carboxylic acid groups (broad SMARTS) is 1. The normalized spacial score (nSPS) is 19.9. The molecule has 0 radical (unpaired) electrons. The van der Waals surface area contributed by atoms with Crippen LogP contribution in [0.2, 0.25) is 0 Å². The fourth-order valence-electron chi connectivity index (χ4n) is 4.58. The smallest absolute Gasteiger partial charge is 0.341 e. The van der Waals surface area contributed by atoms with Gasteiger partial charge in [-0.05, 0) is 54.9 Å². The molecule has 2 aliphatic carbocycles. The Morgan fingerprint density at radius 2 is 2.06 bits per heavy atom. The summed E-state index contributed by atoms with van der Waals surface area (Å²) < 4.78 is 7.93. The zero-order valence-electron chi connectivity index (χ0n) is 17.6. The van der Waals surface area contributed by atoms with Gasteiger partial charge in [0.1, 0.15) is 17.9 Å². The van der Waals surface area contributed by atoms with Crippen molar-refractivity contribution in [1.82, 2.24) is 4.57 Å². The van der Waals surface area contributed by atoms with Gasteiger partial charge in [-0.2, -0.15) is 0 Å². The summed E-state index contributed by atoms with van der Waals surface area (Å²) in [6, 6.07) is 7.56. The topological polar surface area (TPSA) is 88.8 Å². The average Bonchev–Trinajstić information content (AvgIpc) is 3.45. The summed E-state index contributed by atoms with van der Waals surface area (Å²) >= 11 is 1.60. The van der Waals surface area contributed by atoms with Crippen LogP contribution in [0.3, 0.4) is 0 Å². The maximum Gasteiger partial charge on any atom is 0.341 e. The van der Waals surface area contributed by atoms with E-state index in [1.165, 1.54) is 11.8 Å². The number of hydrogen-bond acceptors (Lipinski definition) is 5. The van der Waals surface area contributed by atoms with E-state index < -0.39 is 17.5 Å². The molecule has 3 aromatic rings. The zero-order valence-corrected chi connectivity index (χ0v) is 18.4.